The van der Waals surface area contributed by atoms with Crippen molar-refractivity contribution >= 4 is 0 Å². The van der Waals surface area contributed by atoms with Gasteiger partial charge in [0.25, 0.3) is 0 Å². The van der Waals surface area contributed by atoms with Crippen LogP contribution in [0, 0.1) is 12.7 Å². The molecule has 0 saturated heterocycles. The molecule has 2 N–H and O–H groups in total. The predicted octanol–water partition coefficient (Wildman–Crippen LogP) is 3.22. The van der Waals surface area contributed by atoms with E-state index in [1.807, 2.05) is 25.1 Å². The Morgan fingerprint density at radius 3 is 2.65 bits per heavy atom. The zero-order chi connectivity index (χ0) is 14.5. The quantitative estimate of drug-likeness (QED) is 0.911. The van der Waals surface area contributed by atoms with Gasteiger partial charge in [-0.2, -0.15) is 0 Å². The Kier molecular flexibility index (Phi) is 4.58. The van der Waals surface area contributed by atoms with Crippen LogP contribution in [0.3, 0.4) is 0 Å². The molecular formula is C16H18FNO2. The number of rotatable bonds is 5. The van der Waals surface area contributed by atoms with Crippen LogP contribution >= 0.6 is 0 Å². The zero-order valence-corrected chi connectivity index (χ0v) is 11.6. The van der Waals surface area contributed by atoms with E-state index >= 15 is 0 Å². The maximum absolute atomic E-state index is 13.1. The molecule has 4 heteroatoms. The summed E-state index contributed by atoms with van der Waals surface area (Å²) in [5.41, 5.74) is 7.79. The third kappa shape index (κ3) is 3.48. The van der Waals surface area contributed by atoms with Crippen LogP contribution in [0.5, 0.6) is 11.5 Å². The van der Waals surface area contributed by atoms with E-state index in [0.717, 1.165) is 5.56 Å². The molecule has 0 aliphatic heterocycles. The molecule has 0 aromatic heterocycles. The molecule has 20 heavy (non-hydrogen) atoms. The fourth-order valence-electron chi connectivity index (χ4n) is 1.91. The van der Waals surface area contributed by atoms with E-state index in [2.05, 4.69) is 0 Å². The van der Waals surface area contributed by atoms with Gasteiger partial charge in [0.1, 0.15) is 12.4 Å². The van der Waals surface area contributed by atoms with Crippen molar-refractivity contribution in [3.63, 3.8) is 0 Å². The Morgan fingerprint density at radius 1 is 1.15 bits per heavy atom. The number of benzene rings is 2. The van der Waals surface area contributed by atoms with E-state index in [1.165, 1.54) is 12.1 Å². The van der Waals surface area contributed by atoms with Crippen LogP contribution in [0.1, 0.15) is 17.2 Å². The number of ether oxygens (including phenoxy) is 2. The summed E-state index contributed by atoms with van der Waals surface area (Å²) in [7, 11) is 1.59. The summed E-state index contributed by atoms with van der Waals surface area (Å²) in [5, 5.41) is 0. The second-order valence-electron chi connectivity index (χ2n) is 4.63. The van der Waals surface area contributed by atoms with Crippen molar-refractivity contribution in [3.05, 3.63) is 59.4 Å². The molecule has 0 spiro atoms. The van der Waals surface area contributed by atoms with Gasteiger partial charge in [-0.3, -0.25) is 0 Å². The highest BCUT2D eigenvalue weighted by Gasteiger charge is 2.10. The third-order valence-electron chi connectivity index (χ3n) is 3.01. The minimum atomic E-state index is -0.392. The molecule has 0 heterocycles. The van der Waals surface area contributed by atoms with E-state index in [1.54, 1.807) is 19.2 Å². The topological polar surface area (TPSA) is 44.5 Å². The average Bonchev–Trinajstić information content (AvgIpc) is 2.45. The van der Waals surface area contributed by atoms with E-state index in [0.29, 0.717) is 17.1 Å². The number of halogens is 1. The summed E-state index contributed by atoms with van der Waals surface area (Å²) >= 11 is 0. The molecule has 0 bridgehead atoms. The van der Waals surface area contributed by atoms with Gasteiger partial charge in [0.2, 0.25) is 0 Å². The standard InChI is InChI=1S/C16H18FNO2/c1-11-6-7-15(16(8-11)19-2)20-10-14(18)12-4-3-5-13(17)9-12/h3-9,14H,10,18H2,1-2H3. The molecule has 1 unspecified atom stereocenters. The Labute approximate surface area is 118 Å². The first kappa shape index (κ1) is 14.3. The van der Waals surface area contributed by atoms with Crippen LogP contribution in [0.15, 0.2) is 42.5 Å². The van der Waals surface area contributed by atoms with Gasteiger partial charge in [-0.15, -0.1) is 0 Å². The summed E-state index contributed by atoms with van der Waals surface area (Å²) in [4.78, 5) is 0. The van der Waals surface area contributed by atoms with Crippen LogP contribution < -0.4 is 15.2 Å². The number of methoxy groups -OCH3 is 1. The third-order valence-corrected chi connectivity index (χ3v) is 3.01. The molecule has 0 amide bonds. The molecule has 0 aliphatic rings. The van der Waals surface area contributed by atoms with Gasteiger partial charge in [-0.1, -0.05) is 18.2 Å². The fourth-order valence-corrected chi connectivity index (χ4v) is 1.91. The minimum Gasteiger partial charge on any atom is -0.493 e. The average molecular weight is 275 g/mol. The molecule has 0 radical (unpaired) electrons. The van der Waals surface area contributed by atoms with Crippen LogP contribution in [0.2, 0.25) is 0 Å². The molecule has 0 saturated carbocycles. The van der Waals surface area contributed by atoms with Crippen molar-refractivity contribution in [1.82, 2.24) is 0 Å². The van der Waals surface area contributed by atoms with E-state index in [4.69, 9.17) is 15.2 Å². The Balaban J connectivity index is 2.05. The van der Waals surface area contributed by atoms with Crippen LogP contribution in [0.4, 0.5) is 4.39 Å². The molecule has 2 rings (SSSR count). The first-order valence-electron chi connectivity index (χ1n) is 6.38. The second-order valence-corrected chi connectivity index (χ2v) is 4.63. The Hall–Kier alpha value is -2.07. The summed E-state index contributed by atoms with van der Waals surface area (Å²) in [6.45, 7) is 2.23. The van der Waals surface area contributed by atoms with Gasteiger partial charge in [0.15, 0.2) is 11.5 Å². The van der Waals surface area contributed by atoms with Crippen LogP contribution in [-0.2, 0) is 0 Å². The first-order valence-corrected chi connectivity index (χ1v) is 6.38. The lowest BCUT2D eigenvalue weighted by Gasteiger charge is -2.15. The van der Waals surface area contributed by atoms with Gasteiger partial charge in [-0.05, 0) is 42.3 Å². The number of hydrogen-bond acceptors (Lipinski definition) is 3. The van der Waals surface area contributed by atoms with Crippen molar-refractivity contribution < 1.29 is 13.9 Å². The molecule has 3 nitrogen and oxygen atoms in total. The zero-order valence-electron chi connectivity index (χ0n) is 11.6. The normalized spacial score (nSPS) is 12.0. The van der Waals surface area contributed by atoms with Gasteiger partial charge in [0.05, 0.1) is 13.2 Å². The fraction of sp³-hybridized carbons (Fsp3) is 0.250. The van der Waals surface area contributed by atoms with Crippen LogP contribution in [0.25, 0.3) is 0 Å². The molecule has 2 aromatic carbocycles. The lowest BCUT2D eigenvalue weighted by Crippen LogP contribution is -2.19. The highest BCUT2D eigenvalue weighted by atomic mass is 19.1. The van der Waals surface area contributed by atoms with Crippen LogP contribution in [-0.4, -0.2) is 13.7 Å². The molecular weight excluding hydrogens is 257 g/mol. The number of aryl methyl sites for hydroxylation is 1. The second kappa shape index (κ2) is 6.39. The van der Waals surface area contributed by atoms with Gasteiger partial charge >= 0.3 is 0 Å². The van der Waals surface area contributed by atoms with Gasteiger partial charge in [0, 0.05) is 0 Å². The van der Waals surface area contributed by atoms with Crippen molar-refractivity contribution in [2.75, 3.05) is 13.7 Å². The molecule has 1 atom stereocenters. The van der Waals surface area contributed by atoms with Crippen molar-refractivity contribution in [2.45, 2.75) is 13.0 Å². The molecule has 0 aliphatic carbocycles. The summed E-state index contributed by atoms with van der Waals surface area (Å²) in [6.07, 6.45) is 0. The SMILES string of the molecule is COc1cc(C)ccc1OCC(N)c1cccc(F)c1. The number of nitrogens with two attached hydrogens (primary N) is 1. The van der Waals surface area contributed by atoms with Crippen molar-refractivity contribution in [1.29, 1.82) is 0 Å². The summed E-state index contributed by atoms with van der Waals surface area (Å²) < 4.78 is 24.1. The maximum atomic E-state index is 13.1. The largest absolute Gasteiger partial charge is 0.493 e. The minimum absolute atomic E-state index is 0.253. The van der Waals surface area contributed by atoms with Crippen molar-refractivity contribution in [3.8, 4) is 11.5 Å². The van der Waals surface area contributed by atoms with Crippen molar-refractivity contribution in [2.24, 2.45) is 5.73 Å². The number of hydrogen-bond donors (Lipinski definition) is 1. The molecule has 0 fully saturated rings. The van der Waals surface area contributed by atoms with E-state index in [9.17, 15) is 4.39 Å². The predicted molar refractivity (Wildman–Crippen MR) is 76.6 cm³/mol. The monoisotopic (exact) mass is 275 g/mol. The van der Waals surface area contributed by atoms with Gasteiger partial charge in [-0.25, -0.2) is 4.39 Å². The lowest BCUT2D eigenvalue weighted by molar-refractivity contribution is 0.273. The highest BCUT2D eigenvalue weighted by Crippen LogP contribution is 2.28. The Bertz CT molecular complexity index is 586. The van der Waals surface area contributed by atoms with E-state index in [-0.39, 0.29) is 12.4 Å². The molecule has 106 valence electrons. The van der Waals surface area contributed by atoms with E-state index < -0.39 is 6.04 Å². The summed E-state index contributed by atoms with van der Waals surface area (Å²) in [5.74, 6) is 0.993. The summed E-state index contributed by atoms with van der Waals surface area (Å²) in [6, 6.07) is 11.5. The first-order chi connectivity index (χ1) is 9.60. The Morgan fingerprint density at radius 2 is 1.95 bits per heavy atom. The lowest BCUT2D eigenvalue weighted by atomic mass is 10.1. The maximum Gasteiger partial charge on any atom is 0.161 e. The van der Waals surface area contributed by atoms with Gasteiger partial charge < -0.3 is 15.2 Å². The highest BCUT2D eigenvalue weighted by molar-refractivity contribution is 5.42. The molecule has 2 aromatic rings. The smallest absolute Gasteiger partial charge is 0.161 e.